The lowest BCUT2D eigenvalue weighted by Crippen LogP contribution is -2.48. The molecule has 108 valence electrons. The van der Waals surface area contributed by atoms with Gasteiger partial charge < -0.3 is 15.7 Å². The lowest BCUT2D eigenvalue weighted by molar-refractivity contribution is -0.138. The highest BCUT2D eigenvalue weighted by atomic mass is 32.2. The van der Waals surface area contributed by atoms with Gasteiger partial charge in [0.1, 0.15) is 6.04 Å². The van der Waals surface area contributed by atoms with Crippen molar-refractivity contribution in [1.82, 2.24) is 13.9 Å². The van der Waals surface area contributed by atoms with Crippen LogP contribution in [0.1, 0.15) is 6.42 Å². The molecule has 8 nitrogen and oxygen atoms in total. The third-order valence-electron chi connectivity index (χ3n) is 2.33. The van der Waals surface area contributed by atoms with Crippen LogP contribution in [-0.4, -0.2) is 75.5 Å². The van der Waals surface area contributed by atoms with Crippen molar-refractivity contribution < 1.29 is 18.3 Å². The fraction of sp³-hybridized carbons (Fsp3) is 0.889. The van der Waals surface area contributed by atoms with Gasteiger partial charge in [-0.25, -0.2) is 4.72 Å². The second kappa shape index (κ2) is 7.64. The van der Waals surface area contributed by atoms with Gasteiger partial charge in [-0.3, -0.25) is 4.79 Å². The van der Waals surface area contributed by atoms with Crippen molar-refractivity contribution in [2.75, 3.05) is 40.8 Å². The van der Waals surface area contributed by atoms with Crippen LogP contribution in [-0.2, 0) is 15.0 Å². The second-order valence-corrected chi connectivity index (χ2v) is 6.04. The summed E-state index contributed by atoms with van der Waals surface area (Å²) in [4.78, 5) is 12.6. The van der Waals surface area contributed by atoms with Crippen LogP contribution in [0, 0.1) is 0 Å². The molecule has 0 saturated heterocycles. The molecule has 0 radical (unpaired) electrons. The van der Waals surface area contributed by atoms with E-state index in [9.17, 15) is 13.2 Å². The number of nitrogens with zero attached hydrogens (tertiary/aromatic N) is 2. The molecular formula is C9H22N4O4S. The molecule has 18 heavy (non-hydrogen) atoms. The first kappa shape index (κ1) is 17.3. The number of hydrogen-bond donors (Lipinski definition) is 3. The number of carbonyl (C=O) groups is 1. The third-order valence-corrected chi connectivity index (χ3v) is 3.86. The molecule has 0 amide bonds. The van der Waals surface area contributed by atoms with Crippen LogP contribution in [0.4, 0.5) is 0 Å². The van der Waals surface area contributed by atoms with Crippen LogP contribution in [0.2, 0.25) is 0 Å². The van der Waals surface area contributed by atoms with E-state index in [1.807, 2.05) is 19.0 Å². The SMILES string of the molecule is CNS(=O)(=O)N(CCCN(C)C)CC(N)C(=O)O. The van der Waals surface area contributed by atoms with Gasteiger partial charge in [0.15, 0.2) is 0 Å². The Morgan fingerprint density at radius 3 is 2.33 bits per heavy atom. The number of nitrogens with two attached hydrogens (primary N) is 1. The van der Waals surface area contributed by atoms with E-state index < -0.39 is 22.2 Å². The highest BCUT2D eigenvalue weighted by Gasteiger charge is 2.25. The largest absolute Gasteiger partial charge is 0.480 e. The van der Waals surface area contributed by atoms with E-state index in [1.54, 1.807) is 0 Å². The Morgan fingerprint density at radius 1 is 1.39 bits per heavy atom. The van der Waals surface area contributed by atoms with Crippen LogP contribution in [0.3, 0.4) is 0 Å². The van der Waals surface area contributed by atoms with Gasteiger partial charge in [0.25, 0.3) is 10.2 Å². The summed E-state index contributed by atoms with van der Waals surface area (Å²) >= 11 is 0. The van der Waals surface area contributed by atoms with Crippen LogP contribution in [0.15, 0.2) is 0 Å². The quantitative estimate of drug-likeness (QED) is 0.455. The van der Waals surface area contributed by atoms with Gasteiger partial charge in [0.2, 0.25) is 0 Å². The van der Waals surface area contributed by atoms with Gasteiger partial charge in [-0.15, -0.1) is 0 Å². The van der Waals surface area contributed by atoms with Crippen molar-refractivity contribution in [3.05, 3.63) is 0 Å². The van der Waals surface area contributed by atoms with Gasteiger partial charge in [-0.2, -0.15) is 12.7 Å². The van der Waals surface area contributed by atoms with Crippen molar-refractivity contribution in [1.29, 1.82) is 0 Å². The average molecular weight is 282 g/mol. The predicted molar refractivity (Wildman–Crippen MR) is 68.3 cm³/mol. The van der Waals surface area contributed by atoms with E-state index >= 15 is 0 Å². The van der Waals surface area contributed by atoms with E-state index in [2.05, 4.69) is 4.72 Å². The monoisotopic (exact) mass is 282 g/mol. The minimum Gasteiger partial charge on any atom is -0.480 e. The van der Waals surface area contributed by atoms with E-state index in [4.69, 9.17) is 10.8 Å². The first-order chi connectivity index (χ1) is 8.20. The number of rotatable bonds is 9. The predicted octanol–water partition coefficient (Wildman–Crippen LogP) is -1.88. The minimum atomic E-state index is -3.67. The number of carboxylic acids is 1. The fourth-order valence-electron chi connectivity index (χ4n) is 1.30. The molecule has 0 spiro atoms. The molecule has 9 heteroatoms. The Morgan fingerprint density at radius 2 is 1.94 bits per heavy atom. The Balaban J connectivity index is 4.59. The fourth-order valence-corrected chi connectivity index (χ4v) is 2.28. The summed E-state index contributed by atoms with van der Waals surface area (Å²) < 4.78 is 26.6. The van der Waals surface area contributed by atoms with E-state index in [-0.39, 0.29) is 13.1 Å². The van der Waals surface area contributed by atoms with Crippen LogP contribution in [0.25, 0.3) is 0 Å². The molecule has 0 rings (SSSR count). The van der Waals surface area contributed by atoms with Crippen molar-refractivity contribution in [2.45, 2.75) is 12.5 Å². The Kier molecular flexibility index (Phi) is 7.33. The lowest BCUT2D eigenvalue weighted by Gasteiger charge is -2.23. The van der Waals surface area contributed by atoms with Crippen LogP contribution < -0.4 is 10.5 Å². The van der Waals surface area contributed by atoms with E-state index in [0.29, 0.717) is 13.0 Å². The van der Waals surface area contributed by atoms with Crippen LogP contribution in [0.5, 0.6) is 0 Å². The molecule has 0 aliphatic rings. The second-order valence-electron chi connectivity index (χ2n) is 4.17. The third kappa shape index (κ3) is 6.26. The normalized spacial score (nSPS) is 14.1. The average Bonchev–Trinajstić information content (AvgIpc) is 2.26. The maximum atomic E-state index is 11.7. The smallest absolute Gasteiger partial charge is 0.321 e. The number of aliphatic carboxylic acids is 1. The minimum absolute atomic E-state index is 0.225. The highest BCUT2D eigenvalue weighted by Crippen LogP contribution is 2.01. The standard InChI is InChI=1S/C9H22N4O4S/c1-11-18(16,17)13(6-4-5-12(2)3)7-8(10)9(14)15/h8,11H,4-7,10H2,1-3H3,(H,14,15). The molecule has 0 saturated carbocycles. The van der Waals surface area contributed by atoms with Gasteiger partial charge in [-0.05, 0) is 27.1 Å². The first-order valence-corrected chi connectivity index (χ1v) is 6.96. The summed E-state index contributed by atoms with van der Waals surface area (Å²) in [5, 5.41) is 8.71. The van der Waals surface area contributed by atoms with Crippen molar-refractivity contribution in [2.24, 2.45) is 5.73 Å². The van der Waals surface area contributed by atoms with E-state index in [1.165, 1.54) is 7.05 Å². The molecule has 0 bridgehead atoms. The van der Waals surface area contributed by atoms with Crippen molar-refractivity contribution in [3.63, 3.8) is 0 Å². The summed E-state index contributed by atoms with van der Waals surface area (Å²) in [6, 6.07) is -1.23. The maximum absolute atomic E-state index is 11.7. The molecule has 0 aromatic carbocycles. The zero-order chi connectivity index (χ0) is 14.3. The van der Waals surface area contributed by atoms with Gasteiger partial charge >= 0.3 is 5.97 Å². The molecule has 4 N–H and O–H groups in total. The van der Waals surface area contributed by atoms with Crippen molar-refractivity contribution >= 4 is 16.2 Å². The topological polar surface area (TPSA) is 116 Å². The Bertz CT molecular complexity index is 358. The highest BCUT2D eigenvalue weighted by molar-refractivity contribution is 7.87. The summed E-state index contributed by atoms with van der Waals surface area (Å²) in [5.41, 5.74) is 5.36. The first-order valence-electron chi connectivity index (χ1n) is 5.52. The molecule has 0 fully saturated rings. The molecule has 0 aliphatic heterocycles. The number of carboxylic acid groups (broad SMARTS) is 1. The number of hydrogen-bond acceptors (Lipinski definition) is 5. The molecule has 0 aromatic heterocycles. The molecule has 0 aliphatic carbocycles. The molecule has 1 unspecified atom stereocenters. The molecular weight excluding hydrogens is 260 g/mol. The Labute approximate surface area is 108 Å². The maximum Gasteiger partial charge on any atom is 0.321 e. The van der Waals surface area contributed by atoms with Crippen LogP contribution >= 0.6 is 0 Å². The zero-order valence-electron chi connectivity index (χ0n) is 11.0. The molecule has 0 aromatic rings. The summed E-state index contributed by atoms with van der Waals surface area (Å²) in [6.45, 7) is 0.687. The van der Waals surface area contributed by atoms with Gasteiger partial charge in [0.05, 0.1) is 0 Å². The summed E-state index contributed by atoms with van der Waals surface area (Å²) in [5.74, 6) is -1.22. The zero-order valence-corrected chi connectivity index (χ0v) is 11.8. The molecule has 0 heterocycles. The Hall–Kier alpha value is -0.740. The number of nitrogens with one attached hydrogen (secondary N) is 1. The van der Waals surface area contributed by atoms with Gasteiger partial charge in [-0.1, -0.05) is 0 Å². The van der Waals surface area contributed by atoms with E-state index in [0.717, 1.165) is 4.31 Å². The summed E-state index contributed by atoms with van der Waals surface area (Å²) in [6.07, 6.45) is 0.597. The summed E-state index contributed by atoms with van der Waals surface area (Å²) in [7, 11) is 1.36. The lowest BCUT2D eigenvalue weighted by atomic mass is 10.3. The molecule has 1 atom stereocenters. The van der Waals surface area contributed by atoms with Crippen molar-refractivity contribution in [3.8, 4) is 0 Å². The van der Waals surface area contributed by atoms with Gasteiger partial charge in [0, 0.05) is 20.1 Å².